The maximum absolute atomic E-state index is 2.47. The zero-order valence-electron chi connectivity index (χ0n) is 78.7. The van der Waals surface area contributed by atoms with Crippen LogP contribution in [0.4, 0.5) is 0 Å². The molecule has 0 heteroatoms. The van der Waals surface area contributed by atoms with Gasteiger partial charge in [0.05, 0.1) is 21.7 Å². The van der Waals surface area contributed by atoms with E-state index in [0.29, 0.717) is 35.5 Å². The number of fused-ring (bicyclic) bond motifs is 40. The molecule has 0 saturated carbocycles. The SMILES string of the molecule is CC(C)c1ccc2c(c1)-c1ccccc1C21c2ccccc2-c2ccccc21.CC(C)c1ccc2c(c1)C1(c3ccccc3-c3ccccc31)c1ccccc1-2.CC(C)c1cccc2c1-c1ccccc1C21c2ccccc2-c2ccccc21.CC(C)c1cccc2c1C1(c3ccccc3-c3ccccc31)c1ccccc1-2.Cc1cccc(C(C)C)c1.Cc1ccccc1C(C)C. The summed E-state index contributed by atoms with van der Waals surface area (Å²) in [4.78, 5) is 0. The fourth-order valence-corrected chi connectivity index (χ4v) is 24.5. The van der Waals surface area contributed by atoms with E-state index in [4.69, 9.17) is 0 Å². The van der Waals surface area contributed by atoms with Crippen LogP contribution in [0.1, 0.15) is 252 Å². The summed E-state index contributed by atoms with van der Waals surface area (Å²) in [6.45, 7) is 31.5. The smallest absolute Gasteiger partial charge is 0.0620 e. The highest BCUT2D eigenvalue weighted by atomic mass is 14.6. The number of benzene rings is 18. The number of hydrogen-bond donors (Lipinski definition) is 0. The van der Waals surface area contributed by atoms with Gasteiger partial charge in [0, 0.05) is 0 Å². The number of hydrogen-bond acceptors (Lipinski definition) is 0. The Morgan fingerprint density at radius 1 is 0.152 bits per heavy atom. The van der Waals surface area contributed by atoms with Gasteiger partial charge in [-0.1, -0.05) is 501 Å². The second kappa shape index (κ2) is 33.7. The van der Waals surface area contributed by atoms with Crippen LogP contribution in [0.5, 0.6) is 0 Å². The molecule has 0 unspecified atom stereocenters. The minimum Gasteiger partial charge on any atom is -0.0620 e. The van der Waals surface area contributed by atoms with Crippen molar-refractivity contribution < 1.29 is 0 Å². The second-order valence-corrected chi connectivity index (χ2v) is 39.4. The number of rotatable bonds is 6. The van der Waals surface area contributed by atoms with E-state index in [1.807, 2.05) is 0 Å². The van der Waals surface area contributed by atoms with Crippen LogP contribution in [0.2, 0.25) is 0 Å². The van der Waals surface area contributed by atoms with Gasteiger partial charge in [-0.05, 0) is 266 Å². The lowest BCUT2D eigenvalue weighted by molar-refractivity contribution is 0.750. The van der Waals surface area contributed by atoms with Crippen molar-refractivity contribution in [3.63, 3.8) is 0 Å². The van der Waals surface area contributed by atoms with Gasteiger partial charge in [0.1, 0.15) is 0 Å². The maximum atomic E-state index is 2.47. The Bertz CT molecular complexity index is 7200. The summed E-state index contributed by atoms with van der Waals surface area (Å²) in [7, 11) is 0. The van der Waals surface area contributed by atoms with E-state index < -0.39 is 0 Å². The summed E-state index contributed by atoms with van der Waals surface area (Å²) in [5.41, 5.74) is 55.5. The Labute approximate surface area is 783 Å². The molecular weight excluding hydrogens is 1590 g/mol. The first-order valence-corrected chi connectivity index (χ1v) is 48.2. The third-order valence-corrected chi connectivity index (χ3v) is 30.2. The van der Waals surface area contributed by atoms with Crippen LogP contribution in [-0.2, 0) is 21.7 Å². The van der Waals surface area contributed by atoms with Crippen LogP contribution < -0.4 is 0 Å². The lowest BCUT2D eigenvalue weighted by atomic mass is 9.68. The molecule has 0 nitrogen and oxygen atoms in total. The van der Waals surface area contributed by atoms with Crippen LogP contribution in [0.3, 0.4) is 0 Å². The van der Waals surface area contributed by atoms with Gasteiger partial charge in [0.25, 0.3) is 0 Å². The molecule has 0 atom stereocenters. The average molecular weight is 1700 g/mol. The maximum Gasteiger partial charge on any atom is 0.0728 e. The number of aryl methyl sites for hydroxylation is 2. The molecule has 4 spiro atoms. The Balaban J connectivity index is 0.0000000990. The van der Waals surface area contributed by atoms with E-state index in [-0.39, 0.29) is 21.7 Å². The van der Waals surface area contributed by atoms with E-state index >= 15 is 0 Å². The molecule has 0 amide bonds. The van der Waals surface area contributed by atoms with Crippen molar-refractivity contribution in [2.24, 2.45) is 0 Å². The predicted octanol–water partition coefficient (Wildman–Crippen LogP) is 34.9. The third kappa shape index (κ3) is 12.9. The fourth-order valence-electron chi connectivity index (χ4n) is 24.5. The highest BCUT2D eigenvalue weighted by molar-refractivity contribution is 6.01. The largest absolute Gasteiger partial charge is 0.0728 e. The van der Waals surface area contributed by atoms with Crippen LogP contribution in [0.25, 0.3) is 89.0 Å². The lowest BCUT2D eigenvalue weighted by Crippen LogP contribution is -2.27. The van der Waals surface area contributed by atoms with Gasteiger partial charge < -0.3 is 0 Å². The standard InChI is InChI=1S/4C28H22.2C10H14/c1-18(2)19-13-9-14-23-22-12-5-8-17-26(22)28(27(19)23)24-15-6-3-10-20(24)21-11-4-7-16-25(21)28;1-18(2)19-13-9-17-26-27(19)22-12-5-8-16-25(22)28(26)23-14-6-3-10-20(23)21-11-4-7-15-24(21)28;1-18(2)19-15-16-27-23(17-19)22-11-5-8-14-26(22)28(27)24-12-6-3-9-20(24)21-10-4-7-13-25(21)28;1-18(2)19-15-16-23-22-11-5-8-14-26(22)28(27(23)17-19)24-12-6-3-9-20(24)21-10-4-7-13-25(21)28;1-8(2)10-6-4-5-9(3)7-10;1-8(2)10-7-5-4-6-9(10)3/h4*3-18H,1-2H3;2*4-8H,1-3H3. The van der Waals surface area contributed by atoms with Crippen molar-refractivity contribution >= 4 is 0 Å². The summed E-state index contributed by atoms with van der Waals surface area (Å²) < 4.78 is 0. The van der Waals surface area contributed by atoms with E-state index in [0.717, 1.165) is 0 Å². The van der Waals surface area contributed by atoms with Crippen molar-refractivity contribution in [1.29, 1.82) is 0 Å². The van der Waals surface area contributed by atoms with E-state index in [9.17, 15) is 0 Å². The van der Waals surface area contributed by atoms with E-state index in [2.05, 4.69) is 509 Å². The quantitative estimate of drug-likeness (QED) is 0.156. The first-order valence-electron chi connectivity index (χ1n) is 48.2. The molecule has 0 aliphatic heterocycles. The molecule has 26 rings (SSSR count). The van der Waals surface area contributed by atoms with Gasteiger partial charge >= 0.3 is 0 Å². The van der Waals surface area contributed by atoms with Crippen LogP contribution >= 0.6 is 0 Å². The molecule has 0 aromatic heterocycles. The predicted molar refractivity (Wildman–Crippen MR) is 558 cm³/mol. The van der Waals surface area contributed by atoms with Crippen LogP contribution in [0.15, 0.2) is 413 Å². The molecule has 644 valence electrons. The summed E-state index contributed by atoms with van der Waals surface area (Å²) in [6.07, 6.45) is 0. The molecular formula is C132H116. The topological polar surface area (TPSA) is 0 Å². The minimum absolute atomic E-state index is 0.200. The monoisotopic (exact) mass is 1700 g/mol. The summed E-state index contributed by atoms with van der Waals surface area (Å²) in [5.74, 6) is 3.31. The van der Waals surface area contributed by atoms with Gasteiger partial charge in [-0.25, -0.2) is 0 Å². The summed E-state index contributed by atoms with van der Waals surface area (Å²) in [6, 6.07) is 153. The van der Waals surface area contributed by atoms with Crippen LogP contribution in [-0.4, -0.2) is 0 Å². The zero-order chi connectivity index (χ0) is 90.6. The molecule has 132 heavy (non-hydrogen) atoms. The highest BCUT2D eigenvalue weighted by Crippen LogP contribution is 2.69. The molecule has 0 bridgehead atoms. The average Bonchev–Trinajstić information content (AvgIpc) is 1.50. The fraction of sp³-hybridized carbons (Fsp3) is 0.182. The summed E-state index contributed by atoms with van der Waals surface area (Å²) in [5, 5.41) is 0. The van der Waals surface area contributed by atoms with Crippen molar-refractivity contribution in [1.82, 2.24) is 0 Å². The Hall–Kier alpha value is -14.0. The lowest BCUT2D eigenvalue weighted by Gasteiger charge is -2.32. The Morgan fingerprint density at radius 3 is 0.765 bits per heavy atom. The molecule has 18 aromatic rings. The van der Waals surface area contributed by atoms with Gasteiger partial charge in [-0.2, -0.15) is 0 Å². The van der Waals surface area contributed by atoms with E-state index in [1.165, 1.54) is 223 Å². The Kier molecular flexibility index (Phi) is 21.7. The molecule has 18 aromatic carbocycles. The van der Waals surface area contributed by atoms with Crippen LogP contribution in [0, 0.1) is 13.8 Å². The Morgan fingerprint density at radius 2 is 0.402 bits per heavy atom. The normalized spacial score (nSPS) is 14.0. The van der Waals surface area contributed by atoms with Gasteiger partial charge in [0.2, 0.25) is 0 Å². The van der Waals surface area contributed by atoms with Gasteiger partial charge in [-0.15, -0.1) is 0 Å². The van der Waals surface area contributed by atoms with E-state index in [1.54, 1.807) is 0 Å². The first-order chi connectivity index (χ1) is 64.3. The zero-order valence-corrected chi connectivity index (χ0v) is 78.7. The van der Waals surface area contributed by atoms with Crippen molar-refractivity contribution in [2.45, 2.75) is 154 Å². The molecule has 0 N–H and O–H groups in total. The second-order valence-electron chi connectivity index (χ2n) is 39.4. The van der Waals surface area contributed by atoms with Crippen molar-refractivity contribution in [3.8, 4) is 89.0 Å². The molecule has 0 fully saturated rings. The van der Waals surface area contributed by atoms with Crippen molar-refractivity contribution in [2.75, 3.05) is 0 Å². The first kappa shape index (κ1) is 84.8. The minimum atomic E-state index is -0.208. The molecule has 0 heterocycles. The summed E-state index contributed by atoms with van der Waals surface area (Å²) >= 11 is 0. The molecule has 8 aliphatic carbocycles. The molecule has 8 aliphatic rings. The molecule has 0 saturated heterocycles. The highest BCUT2D eigenvalue weighted by Gasteiger charge is 2.57. The van der Waals surface area contributed by atoms with Gasteiger partial charge in [-0.3, -0.25) is 0 Å². The van der Waals surface area contributed by atoms with Gasteiger partial charge in [0.15, 0.2) is 0 Å². The third-order valence-electron chi connectivity index (χ3n) is 30.2. The molecule has 0 radical (unpaired) electrons. The van der Waals surface area contributed by atoms with Crippen molar-refractivity contribution in [3.05, 3.63) is 546 Å².